The van der Waals surface area contributed by atoms with Crippen LogP contribution < -0.4 is 10.6 Å². The van der Waals surface area contributed by atoms with Crippen molar-refractivity contribution >= 4 is 53.0 Å². The summed E-state index contributed by atoms with van der Waals surface area (Å²) in [5, 5.41) is 22.8. The number of ketones is 1. The number of hydrogen-bond acceptors (Lipinski definition) is 8. The quantitative estimate of drug-likeness (QED) is 0.0657. The van der Waals surface area contributed by atoms with Crippen LogP contribution in [0.4, 0.5) is 5.69 Å². The smallest absolute Gasteiger partial charge is 0.335 e. The van der Waals surface area contributed by atoms with Crippen LogP contribution in [0.1, 0.15) is 39.6 Å². The van der Waals surface area contributed by atoms with Crippen LogP contribution in [-0.2, 0) is 14.3 Å². The van der Waals surface area contributed by atoms with Crippen molar-refractivity contribution in [1.29, 1.82) is 5.41 Å². The molecule has 0 aliphatic heterocycles. The maximum atomic E-state index is 13.5. The van der Waals surface area contributed by atoms with E-state index < -0.39 is 17.9 Å². The Morgan fingerprint density at radius 2 is 1.82 bits per heavy atom. The van der Waals surface area contributed by atoms with Gasteiger partial charge in [-0.15, -0.1) is 0 Å². The van der Waals surface area contributed by atoms with Crippen molar-refractivity contribution in [3.63, 3.8) is 0 Å². The minimum Gasteiger partial charge on any atom is -0.495 e. The van der Waals surface area contributed by atoms with Crippen LogP contribution in [0.2, 0.25) is 5.02 Å². The Balaban J connectivity index is 2.55. The van der Waals surface area contributed by atoms with Crippen molar-refractivity contribution in [2.75, 3.05) is 26.5 Å². The lowest BCUT2D eigenvalue weighted by atomic mass is 9.95. The molecular formula is C29H31ClN4O6. The van der Waals surface area contributed by atoms with Crippen molar-refractivity contribution in [3.8, 4) is 0 Å². The van der Waals surface area contributed by atoms with Crippen molar-refractivity contribution < 1.29 is 29.0 Å². The summed E-state index contributed by atoms with van der Waals surface area (Å²) in [4.78, 5) is 50.1. The molecule has 0 spiro atoms. The molecule has 11 heteroatoms. The molecule has 40 heavy (non-hydrogen) atoms. The fraction of sp³-hybridized carbons (Fsp3) is 0.207. The molecule has 0 aromatic heterocycles. The predicted octanol–water partition coefficient (Wildman–Crippen LogP) is 4.39. The van der Waals surface area contributed by atoms with E-state index in [9.17, 15) is 19.2 Å². The minimum absolute atomic E-state index is 0.0721. The van der Waals surface area contributed by atoms with Gasteiger partial charge in [-0.3, -0.25) is 14.4 Å². The number of allylic oxidation sites excluding steroid dienone is 2. The topological polar surface area (TPSA) is 149 Å². The molecule has 0 bridgehead atoms. The van der Waals surface area contributed by atoms with Crippen LogP contribution in [0.25, 0.3) is 5.57 Å². The summed E-state index contributed by atoms with van der Waals surface area (Å²) in [7, 11) is 4.68. The number of amides is 1. The zero-order chi connectivity index (χ0) is 29.8. The highest BCUT2D eigenvalue weighted by atomic mass is 35.5. The number of carbonyl (C=O) groups is 4. The third-order valence-electron chi connectivity index (χ3n) is 5.83. The van der Waals surface area contributed by atoms with Gasteiger partial charge in [0, 0.05) is 61.0 Å². The highest BCUT2D eigenvalue weighted by Crippen LogP contribution is 2.30. The second-order valence-corrected chi connectivity index (χ2v) is 9.01. The molecule has 0 heterocycles. The first-order valence-corrected chi connectivity index (χ1v) is 12.4. The summed E-state index contributed by atoms with van der Waals surface area (Å²) in [6.45, 7) is 1.39. The summed E-state index contributed by atoms with van der Waals surface area (Å²) in [5.41, 5.74) is 1.94. The second kappa shape index (κ2) is 15.0. The number of halogens is 1. The standard InChI is InChI=1S/C29H31ClN4O6/c1-18(36)23-10-7-21(30)14-25(23)24(11-12-35)27(40-4)17-34(3)26(13-19(15-31)16-32-2)28(37)33-22-8-5-20(6-9-22)29(38)39/h5-12,14-17,26,31-32H,13H2,1-4H3,(H,33,37)(H,38,39)/b19-16-,24-11-,27-17+,31-15?. The number of Topliss-reactive ketones (excluding diaryl/α,β-unsaturated/α-hetero) is 1. The van der Waals surface area contributed by atoms with E-state index in [1.807, 2.05) is 0 Å². The molecule has 0 fully saturated rings. The molecule has 10 nitrogen and oxygen atoms in total. The van der Waals surface area contributed by atoms with E-state index in [4.69, 9.17) is 26.9 Å². The van der Waals surface area contributed by atoms with E-state index in [-0.39, 0.29) is 29.1 Å². The SMILES string of the molecule is CN/C=C(\C=N)CC(C(=O)Nc1ccc(C(=O)O)cc1)N(C)/C=C(OC)\C(=C/C=O)c1cc(Cl)ccc1C(C)=O. The van der Waals surface area contributed by atoms with Crippen LogP contribution in [0.3, 0.4) is 0 Å². The van der Waals surface area contributed by atoms with Crippen LogP contribution in [0.15, 0.2) is 72.3 Å². The van der Waals surface area contributed by atoms with Gasteiger partial charge in [0.25, 0.3) is 0 Å². The summed E-state index contributed by atoms with van der Waals surface area (Å²) in [6, 6.07) is 9.49. The first-order chi connectivity index (χ1) is 19.1. The van der Waals surface area contributed by atoms with E-state index in [1.165, 1.54) is 50.6 Å². The zero-order valence-electron chi connectivity index (χ0n) is 22.5. The van der Waals surface area contributed by atoms with Gasteiger partial charge >= 0.3 is 5.97 Å². The average Bonchev–Trinajstić information content (AvgIpc) is 2.92. The molecule has 1 amide bonds. The van der Waals surface area contributed by atoms with Crippen molar-refractivity contribution in [3.05, 3.63) is 94.0 Å². The van der Waals surface area contributed by atoms with Gasteiger partial charge in [0.2, 0.25) is 5.91 Å². The first kappa shape index (κ1) is 31.5. The fourth-order valence-corrected chi connectivity index (χ4v) is 4.01. The summed E-state index contributed by atoms with van der Waals surface area (Å²) < 4.78 is 5.61. The number of benzene rings is 2. The van der Waals surface area contributed by atoms with Gasteiger partial charge in [-0.25, -0.2) is 4.79 Å². The molecule has 2 rings (SSSR count). The number of likely N-dealkylation sites (N-methyl/N-ethyl adjacent to an activating group) is 1. The Labute approximate surface area is 237 Å². The highest BCUT2D eigenvalue weighted by Gasteiger charge is 2.25. The van der Waals surface area contributed by atoms with Gasteiger partial charge in [-0.05, 0) is 66.6 Å². The van der Waals surface area contributed by atoms with Crippen LogP contribution in [-0.4, -0.2) is 67.4 Å². The molecule has 2 aromatic carbocycles. The summed E-state index contributed by atoms with van der Waals surface area (Å²) in [6.07, 6.45) is 6.13. The number of aromatic carboxylic acids is 1. The second-order valence-electron chi connectivity index (χ2n) is 8.57. The highest BCUT2D eigenvalue weighted by molar-refractivity contribution is 6.31. The fourth-order valence-electron chi connectivity index (χ4n) is 3.84. The van der Waals surface area contributed by atoms with E-state index in [1.54, 1.807) is 43.4 Å². The van der Waals surface area contributed by atoms with Crippen molar-refractivity contribution in [2.45, 2.75) is 19.4 Å². The van der Waals surface area contributed by atoms with Crippen molar-refractivity contribution in [1.82, 2.24) is 10.2 Å². The summed E-state index contributed by atoms with van der Waals surface area (Å²) in [5.74, 6) is -1.61. The van der Waals surface area contributed by atoms with Gasteiger partial charge < -0.3 is 30.8 Å². The third kappa shape index (κ3) is 8.40. The molecule has 1 unspecified atom stereocenters. The largest absolute Gasteiger partial charge is 0.495 e. The number of carboxylic acids is 1. The number of anilines is 1. The van der Waals surface area contributed by atoms with E-state index in [0.717, 1.165) is 6.21 Å². The Morgan fingerprint density at radius 1 is 1.15 bits per heavy atom. The number of carbonyl (C=O) groups excluding carboxylic acids is 3. The Morgan fingerprint density at radius 3 is 2.35 bits per heavy atom. The molecule has 0 saturated heterocycles. The van der Waals surface area contributed by atoms with E-state index in [0.29, 0.717) is 33.7 Å². The number of ether oxygens (including phenoxy) is 1. The normalized spacial score (nSPS) is 12.7. The molecule has 1 atom stereocenters. The zero-order valence-corrected chi connectivity index (χ0v) is 23.3. The van der Waals surface area contributed by atoms with Crippen molar-refractivity contribution in [2.24, 2.45) is 0 Å². The molecule has 4 N–H and O–H groups in total. The molecule has 0 radical (unpaired) electrons. The molecular weight excluding hydrogens is 536 g/mol. The van der Waals surface area contributed by atoms with Gasteiger partial charge in [0.1, 0.15) is 18.1 Å². The average molecular weight is 567 g/mol. The maximum absolute atomic E-state index is 13.5. The molecule has 0 aliphatic rings. The maximum Gasteiger partial charge on any atom is 0.335 e. The Kier molecular flexibility index (Phi) is 11.8. The number of nitrogens with zero attached hydrogens (tertiary/aromatic N) is 1. The number of carboxylic acid groups (broad SMARTS) is 1. The van der Waals surface area contributed by atoms with Crippen LogP contribution in [0.5, 0.6) is 0 Å². The lowest BCUT2D eigenvalue weighted by Gasteiger charge is -2.27. The number of rotatable bonds is 14. The Bertz CT molecular complexity index is 1370. The third-order valence-corrected chi connectivity index (χ3v) is 6.06. The van der Waals surface area contributed by atoms with Crippen LogP contribution in [0, 0.1) is 5.41 Å². The van der Waals surface area contributed by atoms with Crippen LogP contribution >= 0.6 is 11.6 Å². The number of nitrogens with one attached hydrogen (secondary N) is 3. The lowest BCUT2D eigenvalue weighted by molar-refractivity contribution is -0.120. The number of aldehydes is 1. The monoisotopic (exact) mass is 566 g/mol. The number of methoxy groups -OCH3 is 1. The van der Waals surface area contributed by atoms with Gasteiger partial charge in [0.05, 0.1) is 12.7 Å². The van der Waals surface area contributed by atoms with Gasteiger partial charge in [0.15, 0.2) is 5.78 Å². The van der Waals surface area contributed by atoms with E-state index >= 15 is 0 Å². The molecule has 210 valence electrons. The van der Waals surface area contributed by atoms with E-state index in [2.05, 4.69) is 10.6 Å². The van der Waals surface area contributed by atoms with Gasteiger partial charge in [-0.1, -0.05) is 11.6 Å². The molecule has 2 aromatic rings. The Hall–Kier alpha value is -4.70. The molecule has 0 aliphatic carbocycles. The first-order valence-electron chi connectivity index (χ1n) is 12.0. The predicted molar refractivity (Wildman–Crippen MR) is 155 cm³/mol. The number of hydrogen-bond donors (Lipinski definition) is 4. The lowest BCUT2D eigenvalue weighted by Crippen LogP contribution is -2.40. The van der Waals surface area contributed by atoms with Gasteiger partial charge in [-0.2, -0.15) is 0 Å². The minimum atomic E-state index is -1.09. The summed E-state index contributed by atoms with van der Waals surface area (Å²) >= 11 is 6.20. The molecule has 0 saturated carbocycles.